The number of nitrogen functional groups attached to an aromatic ring is 1. The zero-order chi connectivity index (χ0) is 37.0. The van der Waals surface area contributed by atoms with E-state index >= 15 is 0 Å². The van der Waals surface area contributed by atoms with Crippen molar-refractivity contribution in [1.82, 2.24) is 10.3 Å². The van der Waals surface area contributed by atoms with Crippen molar-refractivity contribution in [2.75, 3.05) is 25.8 Å². The summed E-state index contributed by atoms with van der Waals surface area (Å²) in [4.78, 5) is 56.1. The molecule has 1 heterocycles. The number of alkyl halides is 3. The normalized spacial score (nSPS) is 11.8. The maximum Gasteiger partial charge on any atom is 0.511 e. The molecule has 13 nitrogen and oxygen atoms in total. The van der Waals surface area contributed by atoms with Gasteiger partial charge in [-0.05, 0) is 81.1 Å². The SMILES string of the molecule is C=Cc1cc(C(=O)Nc2ccc(C(=N)N)cc2)c(-c2ccc(C(=O)NCC3CC3)nc2C(=O)OCOC(=O)OC(C)C)cc1OC.ClC(Cl)Cl. The first-order valence-corrected chi connectivity index (χ1v) is 16.4. The van der Waals surface area contributed by atoms with Gasteiger partial charge in [-0.2, -0.15) is 0 Å². The van der Waals surface area contributed by atoms with Crippen molar-refractivity contribution in [2.24, 2.45) is 11.7 Å². The Balaban J connectivity index is 0.00000160. The fourth-order valence-corrected chi connectivity index (χ4v) is 4.31. The van der Waals surface area contributed by atoms with Gasteiger partial charge in [-0.15, -0.1) is 0 Å². The second-order valence-corrected chi connectivity index (χ2v) is 12.9. The first-order chi connectivity index (χ1) is 23.7. The van der Waals surface area contributed by atoms with Crippen LogP contribution >= 0.6 is 34.8 Å². The van der Waals surface area contributed by atoms with Crippen LogP contribution in [0.2, 0.25) is 0 Å². The highest BCUT2D eigenvalue weighted by atomic mass is 35.6. The van der Waals surface area contributed by atoms with E-state index in [1.165, 1.54) is 31.4 Å². The van der Waals surface area contributed by atoms with Crippen molar-refractivity contribution < 1.29 is 38.1 Å². The number of nitrogens with one attached hydrogen (secondary N) is 3. The summed E-state index contributed by atoms with van der Waals surface area (Å²) in [6, 6.07) is 12.4. The van der Waals surface area contributed by atoms with Crippen LogP contribution < -0.4 is 21.1 Å². The Morgan fingerprint density at radius 2 is 1.68 bits per heavy atom. The number of carbonyl (C=O) groups is 4. The van der Waals surface area contributed by atoms with Gasteiger partial charge < -0.3 is 35.3 Å². The zero-order valence-electron chi connectivity index (χ0n) is 27.4. The minimum absolute atomic E-state index is 0.0530. The molecule has 2 amide bonds. The number of benzene rings is 2. The maximum absolute atomic E-state index is 13.7. The van der Waals surface area contributed by atoms with Gasteiger partial charge in [0.15, 0.2) is 9.99 Å². The first kappa shape index (κ1) is 39.6. The number of nitrogens with zero attached hydrogens (tertiary/aromatic N) is 1. The molecule has 0 unspecified atom stereocenters. The number of aromatic nitrogens is 1. The Hall–Kier alpha value is -4.85. The fraction of sp³-hybridized carbons (Fsp3) is 0.294. The molecule has 1 aliphatic rings. The molecule has 4 rings (SSSR count). The number of rotatable bonds is 13. The first-order valence-electron chi connectivity index (χ1n) is 15.1. The van der Waals surface area contributed by atoms with Gasteiger partial charge in [-0.3, -0.25) is 15.0 Å². The van der Waals surface area contributed by atoms with E-state index in [2.05, 4.69) is 22.2 Å². The van der Waals surface area contributed by atoms with Crippen molar-refractivity contribution in [3.63, 3.8) is 0 Å². The van der Waals surface area contributed by atoms with Crippen LogP contribution in [0.15, 0.2) is 55.1 Å². The second kappa shape index (κ2) is 18.8. The summed E-state index contributed by atoms with van der Waals surface area (Å²) in [7, 11) is 1.44. The molecule has 16 heteroatoms. The monoisotopic (exact) mass is 747 g/mol. The molecule has 0 spiro atoms. The van der Waals surface area contributed by atoms with E-state index in [-0.39, 0.29) is 33.9 Å². The molecule has 5 N–H and O–H groups in total. The average Bonchev–Trinajstić information content (AvgIpc) is 3.90. The molecule has 1 fully saturated rings. The van der Waals surface area contributed by atoms with Gasteiger partial charge in [0.1, 0.15) is 17.3 Å². The summed E-state index contributed by atoms with van der Waals surface area (Å²) in [5, 5.41) is 13.2. The molecule has 266 valence electrons. The number of esters is 1. The Bertz CT molecular complexity index is 1730. The highest BCUT2D eigenvalue weighted by molar-refractivity contribution is 6.63. The highest BCUT2D eigenvalue weighted by Gasteiger charge is 2.26. The zero-order valence-corrected chi connectivity index (χ0v) is 29.7. The van der Waals surface area contributed by atoms with Crippen LogP contribution in [0.5, 0.6) is 5.75 Å². The number of anilines is 1. The van der Waals surface area contributed by atoms with Crippen LogP contribution in [0.4, 0.5) is 10.5 Å². The smallest absolute Gasteiger partial charge is 0.496 e. The minimum atomic E-state index is -1.04. The number of amidine groups is 1. The second-order valence-electron chi connectivity index (χ2n) is 10.9. The van der Waals surface area contributed by atoms with Gasteiger partial charge in [0, 0.05) is 40.0 Å². The molecule has 0 atom stereocenters. The fourth-order valence-electron chi connectivity index (χ4n) is 4.31. The summed E-state index contributed by atoms with van der Waals surface area (Å²) < 4.78 is 19.7. The third-order valence-electron chi connectivity index (χ3n) is 6.85. The summed E-state index contributed by atoms with van der Waals surface area (Å²) in [5.41, 5.74) is 7.05. The van der Waals surface area contributed by atoms with Crippen LogP contribution in [-0.4, -0.2) is 65.6 Å². The molecule has 0 bridgehead atoms. The number of amides is 2. The van der Waals surface area contributed by atoms with E-state index in [0.717, 1.165) is 12.8 Å². The Morgan fingerprint density at radius 1 is 1.02 bits per heavy atom. The summed E-state index contributed by atoms with van der Waals surface area (Å²) in [6.07, 6.45) is 2.07. The molecule has 50 heavy (non-hydrogen) atoms. The van der Waals surface area contributed by atoms with Gasteiger partial charge in [0.25, 0.3) is 11.8 Å². The summed E-state index contributed by atoms with van der Waals surface area (Å²) in [5.74, 6) is -1.44. The van der Waals surface area contributed by atoms with E-state index < -0.39 is 41.1 Å². The molecule has 1 aliphatic carbocycles. The number of halogens is 3. The maximum atomic E-state index is 13.7. The Kier molecular flexibility index (Phi) is 14.9. The largest absolute Gasteiger partial charge is 0.511 e. The number of hydrogen-bond donors (Lipinski definition) is 4. The lowest BCUT2D eigenvalue weighted by Gasteiger charge is -2.17. The molecule has 0 radical (unpaired) electrons. The number of nitrogens with two attached hydrogens (primary N) is 1. The minimum Gasteiger partial charge on any atom is -0.496 e. The van der Waals surface area contributed by atoms with Crippen LogP contribution in [0.1, 0.15) is 69.2 Å². The summed E-state index contributed by atoms with van der Waals surface area (Å²) in [6.45, 7) is 6.75. The van der Waals surface area contributed by atoms with E-state index in [0.29, 0.717) is 35.0 Å². The molecule has 0 saturated heterocycles. The van der Waals surface area contributed by atoms with Crippen molar-refractivity contribution in [2.45, 2.75) is 37.1 Å². The van der Waals surface area contributed by atoms with E-state index in [9.17, 15) is 19.2 Å². The van der Waals surface area contributed by atoms with Crippen molar-refractivity contribution >= 4 is 76.3 Å². The van der Waals surface area contributed by atoms with Crippen LogP contribution in [0, 0.1) is 11.3 Å². The molecule has 1 aromatic heterocycles. The van der Waals surface area contributed by atoms with E-state index in [4.69, 9.17) is 64.9 Å². The summed E-state index contributed by atoms with van der Waals surface area (Å²) >= 11 is 14.4. The number of methoxy groups -OCH3 is 1. The van der Waals surface area contributed by atoms with Gasteiger partial charge in [0.05, 0.1) is 13.2 Å². The number of pyridine rings is 1. The van der Waals surface area contributed by atoms with Gasteiger partial charge >= 0.3 is 12.1 Å². The predicted octanol–water partition coefficient (Wildman–Crippen LogP) is 6.74. The molecule has 2 aromatic carbocycles. The van der Waals surface area contributed by atoms with Gasteiger partial charge in [0.2, 0.25) is 6.79 Å². The Labute approximate surface area is 303 Å². The third-order valence-corrected chi connectivity index (χ3v) is 6.85. The predicted molar refractivity (Wildman–Crippen MR) is 191 cm³/mol. The standard InChI is InChI=1S/C33H35N5O8.CHCl3/c1-5-20-14-25(30(39)37-22-10-8-21(9-11-22)29(34)35)24(15-27(20)43-4)23-12-13-26(31(40)36-16-19-6-7-19)38-28(23)32(41)44-17-45-33(42)46-18(2)3;2-1(3)4/h5,8-15,18-19H,1,6-7,16-17H2,2-4H3,(H3,34,35)(H,36,40)(H,37,39);1H. The van der Waals surface area contributed by atoms with Crippen LogP contribution in [0.3, 0.4) is 0 Å². The van der Waals surface area contributed by atoms with E-state index in [1.54, 1.807) is 44.2 Å². The number of carbonyl (C=O) groups excluding carboxylic acids is 4. The van der Waals surface area contributed by atoms with Crippen molar-refractivity contribution in [1.29, 1.82) is 5.41 Å². The van der Waals surface area contributed by atoms with E-state index in [1.807, 2.05) is 0 Å². The molecular formula is C34H36Cl3N5O8. The van der Waals surface area contributed by atoms with Gasteiger partial charge in [-0.1, -0.05) is 47.5 Å². The van der Waals surface area contributed by atoms with Crippen molar-refractivity contribution in [3.05, 3.63) is 83.2 Å². The number of hydrogen-bond acceptors (Lipinski definition) is 10. The lowest BCUT2D eigenvalue weighted by Crippen LogP contribution is -2.27. The third kappa shape index (κ3) is 11.9. The lowest BCUT2D eigenvalue weighted by molar-refractivity contribution is -0.0347. The Morgan fingerprint density at radius 3 is 2.24 bits per heavy atom. The number of ether oxygens (including phenoxy) is 4. The quantitative estimate of drug-likeness (QED) is 0.0479. The molecule has 3 aromatic rings. The lowest BCUT2D eigenvalue weighted by atomic mass is 9.94. The van der Waals surface area contributed by atoms with Crippen LogP contribution in [-0.2, 0) is 14.2 Å². The molecule has 1 saturated carbocycles. The van der Waals surface area contributed by atoms with Gasteiger partial charge in [-0.25, -0.2) is 14.6 Å². The molecule has 0 aliphatic heterocycles. The highest BCUT2D eigenvalue weighted by Crippen LogP contribution is 2.35. The molecular weight excluding hydrogens is 713 g/mol. The topological polar surface area (TPSA) is 192 Å². The van der Waals surface area contributed by atoms with Crippen molar-refractivity contribution in [3.8, 4) is 16.9 Å². The average molecular weight is 749 g/mol. The van der Waals surface area contributed by atoms with Crippen LogP contribution in [0.25, 0.3) is 17.2 Å².